The van der Waals surface area contributed by atoms with Crippen molar-refractivity contribution < 1.29 is 4.74 Å². The van der Waals surface area contributed by atoms with Crippen LogP contribution in [0.5, 0.6) is 5.75 Å². The number of ether oxygens (including phenoxy) is 1. The van der Waals surface area contributed by atoms with Gasteiger partial charge >= 0.3 is 0 Å². The molecule has 1 rings (SSSR count). The minimum absolute atomic E-state index is 0.763. The molecule has 4 heteroatoms. The lowest BCUT2D eigenvalue weighted by molar-refractivity contribution is 0.303. The molecule has 0 unspecified atom stereocenters. The van der Waals surface area contributed by atoms with E-state index in [0.29, 0.717) is 0 Å². The van der Waals surface area contributed by atoms with E-state index in [2.05, 4.69) is 24.1 Å². The maximum Gasteiger partial charge on any atom is 0.121 e. The number of benzene rings is 1. The highest BCUT2D eigenvalue weighted by Crippen LogP contribution is 2.24. The van der Waals surface area contributed by atoms with Crippen molar-refractivity contribution in [1.29, 1.82) is 0 Å². The molecule has 18 heavy (non-hydrogen) atoms. The van der Waals surface area contributed by atoms with Crippen LogP contribution in [-0.4, -0.2) is 38.2 Å². The van der Waals surface area contributed by atoms with Crippen LogP contribution in [0.2, 0.25) is 0 Å². The second-order valence-corrected chi connectivity index (χ2v) is 4.26. The quantitative estimate of drug-likeness (QED) is 0.550. The van der Waals surface area contributed by atoms with Gasteiger partial charge in [-0.2, -0.15) is 0 Å². The van der Waals surface area contributed by atoms with E-state index >= 15 is 0 Å². The molecule has 0 bridgehead atoms. The molecule has 3 N–H and O–H groups in total. The number of methoxy groups -OCH3 is 1. The van der Waals surface area contributed by atoms with E-state index in [4.69, 9.17) is 10.5 Å². The molecule has 0 saturated heterocycles. The summed E-state index contributed by atoms with van der Waals surface area (Å²) in [4.78, 5) is 2.41. The molecule has 0 radical (unpaired) electrons. The molecule has 0 atom stereocenters. The minimum Gasteiger partial charge on any atom is -0.497 e. The Morgan fingerprint density at radius 3 is 2.61 bits per heavy atom. The first-order valence-electron chi connectivity index (χ1n) is 6.61. The molecular weight excluding hydrogens is 226 g/mol. The zero-order chi connectivity index (χ0) is 13.4. The second-order valence-electron chi connectivity index (χ2n) is 4.26. The first-order valence-corrected chi connectivity index (χ1v) is 6.61. The number of hydrogen-bond acceptors (Lipinski definition) is 4. The van der Waals surface area contributed by atoms with E-state index in [-0.39, 0.29) is 0 Å². The predicted octanol–water partition coefficient (Wildman–Crippen LogP) is 2.42. The topological polar surface area (TPSA) is 50.5 Å². The first kappa shape index (κ1) is 14.6. The van der Waals surface area contributed by atoms with Crippen molar-refractivity contribution in [2.75, 3.05) is 44.3 Å². The Morgan fingerprint density at radius 2 is 2.00 bits per heavy atom. The van der Waals surface area contributed by atoms with Gasteiger partial charge in [0.2, 0.25) is 0 Å². The van der Waals surface area contributed by atoms with Crippen LogP contribution in [0, 0.1) is 0 Å². The lowest BCUT2D eigenvalue weighted by atomic mass is 10.2. The van der Waals surface area contributed by atoms with Crippen molar-refractivity contribution in [3.8, 4) is 5.75 Å². The van der Waals surface area contributed by atoms with Gasteiger partial charge < -0.3 is 20.7 Å². The van der Waals surface area contributed by atoms with Gasteiger partial charge in [0.05, 0.1) is 18.5 Å². The molecule has 0 amide bonds. The van der Waals surface area contributed by atoms with Crippen molar-refractivity contribution in [2.45, 2.75) is 20.3 Å². The highest BCUT2D eigenvalue weighted by Gasteiger charge is 2.02. The average molecular weight is 251 g/mol. The molecule has 102 valence electrons. The molecule has 1 aromatic carbocycles. The number of nitrogens with one attached hydrogen (secondary N) is 1. The van der Waals surface area contributed by atoms with Gasteiger partial charge in [-0.05, 0) is 38.2 Å². The average Bonchev–Trinajstić information content (AvgIpc) is 2.41. The monoisotopic (exact) mass is 251 g/mol. The van der Waals surface area contributed by atoms with E-state index in [1.807, 2.05) is 18.2 Å². The normalized spacial score (nSPS) is 10.7. The summed E-state index contributed by atoms with van der Waals surface area (Å²) >= 11 is 0. The number of rotatable bonds is 8. The van der Waals surface area contributed by atoms with Crippen LogP contribution >= 0.6 is 0 Å². The number of nitrogen functional groups attached to an aromatic ring is 1. The summed E-state index contributed by atoms with van der Waals surface area (Å²) in [5.74, 6) is 0.829. The van der Waals surface area contributed by atoms with E-state index in [1.165, 1.54) is 0 Å². The van der Waals surface area contributed by atoms with Crippen molar-refractivity contribution >= 4 is 11.4 Å². The lowest BCUT2D eigenvalue weighted by Crippen LogP contribution is -2.25. The van der Waals surface area contributed by atoms with Crippen molar-refractivity contribution in [2.24, 2.45) is 0 Å². The van der Waals surface area contributed by atoms with E-state index in [1.54, 1.807) is 7.11 Å². The van der Waals surface area contributed by atoms with Gasteiger partial charge in [0.15, 0.2) is 0 Å². The SMILES string of the molecule is CCN(CC)CCCNc1cc(OC)ccc1N. The maximum atomic E-state index is 5.91. The first-order chi connectivity index (χ1) is 8.71. The van der Waals surface area contributed by atoms with Crippen LogP contribution in [0.15, 0.2) is 18.2 Å². The maximum absolute atomic E-state index is 5.91. The molecule has 1 aromatic rings. The van der Waals surface area contributed by atoms with Crippen LogP contribution in [0.25, 0.3) is 0 Å². The fourth-order valence-electron chi connectivity index (χ4n) is 1.88. The molecule has 0 aliphatic heterocycles. The van der Waals surface area contributed by atoms with Crippen molar-refractivity contribution in [1.82, 2.24) is 4.90 Å². The van der Waals surface area contributed by atoms with Gasteiger partial charge in [-0.15, -0.1) is 0 Å². The molecule has 0 heterocycles. The Hall–Kier alpha value is -1.42. The predicted molar refractivity (Wildman–Crippen MR) is 78.3 cm³/mol. The Kier molecular flexibility index (Phi) is 6.36. The number of anilines is 2. The van der Waals surface area contributed by atoms with Gasteiger partial charge in [0.1, 0.15) is 5.75 Å². The van der Waals surface area contributed by atoms with Gasteiger partial charge in [0, 0.05) is 12.6 Å². The molecule has 4 nitrogen and oxygen atoms in total. The molecular formula is C14H25N3O. The van der Waals surface area contributed by atoms with Gasteiger partial charge in [-0.3, -0.25) is 0 Å². The van der Waals surface area contributed by atoms with Gasteiger partial charge in [-0.25, -0.2) is 0 Å². The van der Waals surface area contributed by atoms with Crippen molar-refractivity contribution in [3.05, 3.63) is 18.2 Å². The summed E-state index contributed by atoms with van der Waals surface area (Å²) in [6.45, 7) is 8.64. The fraction of sp³-hybridized carbons (Fsp3) is 0.571. The standard InChI is InChI=1S/C14H25N3O/c1-4-17(5-2)10-6-9-16-14-11-12(18-3)7-8-13(14)15/h7-8,11,16H,4-6,9-10,15H2,1-3H3. The summed E-state index contributed by atoms with van der Waals surface area (Å²) in [5.41, 5.74) is 7.63. The lowest BCUT2D eigenvalue weighted by Gasteiger charge is -2.18. The summed E-state index contributed by atoms with van der Waals surface area (Å²) in [6, 6.07) is 5.68. The van der Waals surface area contributed by atoms with Crippen LogP contribution in [0.4, 0.5) is 11.4 Å². The Labute approximate surface area is 110 Å². The zero-order valence-corrected chi connectivity index (χ0v) is 11.7. The van der Waals surface area contributed by atoms with Gasteiger partial charge in [-0.1, -0.05) is 13.8 Å². The number of hydrogen-bond donors (Lipinski definition) is 2. The third-order valence-electron chi connectivity index (χ3n) is 3.12. The van der Waals surface area contributed by atoms with Crippen molar-refractivity contribution in [3.63, 3.8) is 0 Å². The fourth-order valence-corrected chi connectivity index (χ4v) is 1.88. The van der Waals surface area contributed by atoms with E-state index in [9.17, 15) is 0 Å². The summed E-state index contributed by atoms with van der Waals surface area (Å²) in [7, 11) is 1.66. The third kappa shape index (κ3) is 4.45. The second kappa shape index (κ2) is 7.82. The molecule has 0 aromatic heterocycles. The minimum atomic E-state index is 0.763. The van der Waals surface area contributed by atoms with Crippen LogP contribution < -0.4 is 15.8 Å². The molecule has 0 saturated carbocycles. The summed E-state index contributed by atoms with van der Waals surface area (Å²) in [6.07, 6.45) is 1.11. The molecule has 0 aliphatic rings. The number of nitrogens with two attached hydrogens (primary N) is 1. The highest BCUT2D eigenvalue weighted by molar-refractivity contribution is 5.68. The highest BCUT2D eigenvalue weighted by atomic mass is 16.5. The van der Waals surface area contributed by atoms with Crippen LogP contribution in [0.1, 0.15) is 20.3 Å². The van der Waals surface area contributed by atoms with Crippen LogP contribution in [0.3, 0.4) is 0 Å². The smallest absolute Gasteiger partial charge is 0.121 e. The largest absolute Gasteiger partial charge is 0.497 e. The van der Waals surface area contributed by atoms with E-state index < -0.39 is 0 Å². The molecule has 0 aliphatic carbocycles. The van der Waals surface area contributed by atoms with Crippen LogP contribution in [-0.2, 0) is 0 Å². The third-order valence-corrected chi connectivity index (χ3v) is 3.12. The number of nitrogens with zero attached hydrogens (tertiary/aromatic N) is 1. The van der Waals surface area contributed by atoms with E-state index in [0.717, 1.165) is 49.7 Å². The van der Waals surface area contributed by atoms with Gasteiger partial charge in [0.25, 0.3) is 0 Å². The Bertz CT molecular complexity index is 351. The summed E-state index contributed by atoms with van der Waals surface area (Å²) in [5, 5.41) is 3.36. The zero-order valence-electron chi connectivity index (χ0n) is 11.7. The molecule has 0 spiro atoms. The Morgan fingerprint density at radius 1 is 1.28 bits per heavy atom. The molecule has 0 fully saturated rings. The summed E-state index contributed by atoms with van der Waals surface area (Å²) < 4.78 is 5.19. The Balaban J connectivity index is 2.39.